The molecule has 0 spiro atoms. The minimum Gasteiger partial charge on any atom is -0.309 e. The molecule has 0 unspecified atom stereocenters. The Kier molecular flexibility index (Phi) is 12.1. The zero-order valence-electron chi connectivity index (χ0n) is 55.3. The van der Waals surface area contributed by atoms with Crippen LogP contribution < -0.4 is 0 Å². The van der Waals surface area contributed by atoms with E-state index in [1.54, 1.807) is 0 Å². The molecule has 0 amide bonds. The van der Waals surface area contributed by atoms with Crippen LogP contribution in [0.1, 0.15) is 0 Å². The number of hydrogen-bond acceptors (Lipinski definition) is 0. The van der Waals surface area contributed by atoms with Crippen LogP contribution in [0.15, 0.2) is 364 Å². The van der Waals surface area contributed by atoms with Crippen LogP contribution in [-0.2, 0) is 0 Å². The van der Waals surface area contributed by atoms with Gasteiger partial charge >= 0.3 is 0 Å². The third-order valence-electron chi connectivity index (χ3n) is 21.8. The van der Waals surface area contributed by atoms with Gasteiger partial charge in [-0.25, -0.2) is 0 Å². The molecule has 0 aliphatic carbocycles. The summed E-state index contributed by atoms with van der Waals surface area (Å²) in [6.45, 7) is 0. The molecular formula is C96H60N6. The first-order valence-electron chi connectivity index (χ1n) is 35.1. The summed E-state index contributed by atoms with van der Waals surface area (Å²) in [7, 11) is 0. The van der Waals surface area contributed by atoms with Crippen LogP contribution in [0.3, 0.4) is 0 Å². The van der Waals surface area contributed by atoms with E-state index in [1.165, 1.54) is 164 Å². The van der Waals surface area contributed by atoms with Gasteiger partial charge in [-0.3, -0.25) is 0 Å². The fraction of sp³-hybridized carbons (Fsp3) is 0. The van der Waals surface area contributed by atoms with Crippen LogP contribution in [-0.4, -0.2) is 27.4 Å². The van der Waals surface area contributed by atoms with E-state index >= 15 is 0 Å². The van der Waals surface area contributed by atoms with Gasteiger partial charge in [0.25, 0.3) is 0 Å². The smallest absolute Gasteiger partial charge is 0.0547 e. The molecule has 102 heavy (non-hydrogen) atoms. The fourth-order valence-electron chi connectivity index (χ4n) is 17.2. The predicted molar refractivity (Wildman–Crippen MR) is 429 cm³/mol. The van der Waals surface area contributed by atoms with Crippen molar-refractivity contribution in [3.8, 4) is 67.5 Å². The summed E-state index contributed by atoms with van der Waals surface area (Å²) in [5, 5.41) is 14.8. The second kappa shape index (κ2) is 21.9. The van der Waals surface area contributed by atoms with Crippen molar-refractivity contribution in [1.82, 2.24) is 27.4 Å². The Morgan fingerprint density at radius 3 is 0.549 bits per heavy atom. The third-order valence-corrected chi connectivity index (χ3v) is 21.8. The van der Waals surface area contributed by atoms with E-state index in [0.717, 1.165) is 34.1 Å². The molecule has 0 saturated heterocycles. The molecule has 6 heterocycles. The van der Waals surface area contributed by atoms with Gasteiger partial charge < -0.3 is 27.4 Å². The Morgan fingerprint density at radius 1 is 0.108 bits per heavy atom. The van der Waals surface area contributed by atoms with Crippen molar-refractivity contribution < 1.29 is 0 Å². The molecule has 6 heteroatoms. The molecule has 0 bridgehead atoms. The first-order chi connectivity index (χ1) is 50.6. The van der Waals surface area contributed by atoms with Crippen LogP contribution in [0.25, 0.3) is 198 Å². The number of nitrogens with zero attached hydrogens (tertiary/aromatic N) is 6. The molecule has 6 aromatic heterocycles. The maximum absolute atomic E-state index is 2.45. The highest BCUT2D eigenvalue weighted by molar-refractivity contribution is 6.17. The zero-order valence-corrected chi connectivity index (χ0v) is 55.3. The predicted octanol–water partition coefficient (Wildman–Crippen LogP) is 25.3. The van der Waals surface area contributed by atoms with Crippen molar-refractivity contribution in [3.05, 3.63) is 364 Å². The zero-order chi connectivity index (χ0) is 66.7. The normalized spacial score (nSPS) is 12.1. The number of rotatable bonds is 9. The molecule has 0 aliphatic rings. The summed E-state index contributed by atoms with van der Waals surface area (Å²) < 4.78 is 14.5. The Bertz CT molecular complexity index is 7210. The van der Waals surface area contributed by atoms with E-state index in [1.807, 2.05) is 0 Å². The second-order valence-electron chi connectivity index (χ2n) is 27.2. The molecule has 0 radical (unpaired) electrons. The average molecular weight is 1300 g/mol. The molecule has 0 fully saturated rings. The van der Waals surface area contributed by atoms with Crippen molar-refractivity contribution in [2.75, 3.05) is 0 Å². The van der Waals surface area contributed by atoms with Crippen LogP contribution in [0.4, 0.5) is 0 Å². The molecule has 16 aromatic carbocycles. The van der Waals surface area contributed by atoms with Gasteiger partial charge in [-0.05, 0) is 197 Å². The lowest BCUT2D eigenvalue weighted by Gasteiger charge is -2.13. The number of hydrogen-bond donors (Lipinski definition) is 0. The Labute approximate surface area is 586 Å². The van der Waals surface area contributed by atoms with Gasteiger partial charge in [0.15, 0.2) is 0 Å². The molecule has 22 rings (SSSR count). The lowest BCUT2D eigenvalue weighted by molar-refractivity contribution is 1.14. The van der Waals surface area contributed by atoms with E-state index < -0.39 is 0 Å². The van der Waals surface area contributed by atoms with Crippen molar-refractivity contribution in [3.63, 3.8) is 0 Å². The molecule has 6 nitrogen and oxygen atoms in total. The minimum atomic E-state index is 1.11. The van der Waals surface area contributed by atoms with E-state index in [-0.39, 0.29) is 0 Å². The third kappa shape index (κ3) is 8.35. The first-order valence-corrected chi connectivity index (χ1v) is 35.1. The first kappa shape index (κ1) is 56.3. The van der Waals surface area contributed by atoms with E-state index in [4.69, 9.17) is 0 Å². The molecular weight excluding hydrogens is 1240 g/mol. The Balaban J connectivity index is 0.605. The maximum Gasteiger partial charge on any atom is 0.0547 e. The topological polar surface area (TPSA) is 29.6 Å². The average Bonchev–Trinajstić information content (AvgIpc) is 1.59. The van der Waals surface area contributed by atoms with Crippen molar-refractivity contribution in [2.24, 2.45) is 0 Å². The summed E-state index contributed by atoms with van der Waals surface area (Å²) in [6, 6.07) is 135. The van der Waals surface area contributed by atoms with Crippen LogP contribution in [0.5, 0.6) is 0 Å². The number of aromatic nitrogens is 6. The second-order valence-corrected chi connectivity index (χ2v) is 27.2. The van der Waals surface area contributed by atoms with E-state index in [9.17, 15) is 0 Å². The van der Waals surface area contributed by atoms with Gasteiger partial charge in [0, 0.05) is 98.8 Å². The highest BCUT2D eigenvalue weighted by Gasteiger charge is 2.22. The van der Waals surface area contributed by atoms with Gasteiger partial charge in [-0.1, -0.05) is 200 Å². The molecule has 0 N–H and O–H groups in total. The Morgan fingerprint density at radius 2 is 0.284 bits per heavy atom. The van der Waals surface area contributed by atoms with Crippen molar-refractivity contribution in [2.45, 2.75) is 0 Å². The van der Waals surface area contributed by atoms with Gasteiger partial charge in [-0.15, -0.1) is 0 Å². The SMILES string of the molecule is c1ccc(-n2c3ccccc3c3cc(-c4ccc5c6ccccc6n(-c6ccc(-n7c8ccccc8c8cc(-c9ccc%10c%11ccccc%11n(-c%11ccc(-n%12c%13ccccc%13c%13cc(-c%14ccc%15c%16ccccc%16n(-c%16ccccc%16)c%15c%14)ccc%13%12)cc%11)c%10c9)ccc87)cc6)c5c4)ccc32)cc1. The molecule has 0 atom stereocenters. The summed E-state index contributed by atoms with van der Waals surface area (Å²) in [6.07, 6.45) is 0. The number of para-hydroxylation sites is 8. The number of fused-ring (bicyclic) bond motifs is 18. The van der Waals surface area contributed by atoms with Gasteiger partial charge in [0.2, 0.25) is 0 Å². The van der Waals surface area contributed by atoms with Crippen molar-refractivity contribution in [1.29, 1.82) is 0 Å². The Hall–Kier alpha value is -13.7. The van der Waals surface area contributed by atoms with Crippen LogP contribution in [0, 0.1) is 0 Å². The van der Waals surface area contributed by atoms with E-state index in [2.05, 4.69) is 391 Å². The highest BCUT2D eigenvalue weighted by Crippen LogP contribution is 2.44. The lowest BCUT2D eigenvalue weighted by Crippen LogP contribution is -1.97. The monoisotopic (exact) mass is 1300 g/mol. The number of benzene rings is 16. The molecule has 0 aliphatic heterocycles. The van der Waals surface area contributed by atoms with E-state index in [0.29, 0.717) is 0 Å². The van der Waals surface area contributed by atoms with Gasteiger partial charge in [0.05, 0.1) is 66.2 Å². The maximum atomic E-state index is 2.45. The fourth-order valence-corrected chi connectivity index (χ4v) is 17.2. The summed E-state index contributed by atoms with van der Waals surface area (Å²) >= 11 is 0. The standard InChI is InChI=1S/C96H60N6/c1-3-19-67(20-4-1)97-88-32-16-10-26-76(88)82-55-61(38-52-91(82)97)65-36-50-80-74-24-8-14-30-86(74)101(95(80)59-65)71-45-43-70(44-46-71)99-90-34-18-12-28-78(90)84-57-63(40-54-93(84)99)66-37-51-81-75-25-9-15-31-87(75)102(96(81)60-66)72-47-41-69(42-48-72)98-89-33-17-11-27-77(89)83-56-62(39-53-92(83)98)64-35-49-79-73-23-7-13-29-85(73)100(94(79)58-64)68-21-5-2-6-22-68/h1-60H. The summed E-state index contributed by atoms with van der Waals surface area (Å²) in [4.78, 5) is 0. The highest BCUT2D eigenvalue weighted by atomic mass is 15.0. The molecule has 0 saturated carbocycles. The lowest BCUT2D eigenvalue weighted by atomic mass is 10.0. The van der Waals surface area contributed by atoms with Crippen LogP contribution >= 0.6 is 0 Å². The molecule has 22 aromatic rings. The minimum absolute atomic E-state index is 1.11. The summed E-state index contributed by atoms with van der Waals surface area (Å²) in [5.41, 5.74) is 28.1. The molecule has 474 valence electrons. The van der Waals surface area contributed by atoms with Crippen LogP contribution in [0.2, 0.25) is 0 Å². The largest absolute Gasteiger partial charge is 0.309 e. The van der Waals surface area contributed by atoms with Gasteiger partial charge in [0.1, 0.15) is 0 Å². The quantitative estimate of drug-likeness (QED) is 0.138. The summed E-state index contributed by atoms with van der Waals surface area (Å²) in [5.74, 6) is 0. The van der Waals surface area contributed by atoms with Gasteiger partial charge in [-0.2, -0.15) is 0 Å². The van der Waals surface area contributed by atoms with Crippen molar-refractivity contribution >= 4 is 131 Å².